The zero-order valence-electron chi connectivity index (χ0n) is 9.07. The Labute approximate surface area is 94.4 Å². The Hall–Kier alpha value is -1.43. The van der Waals surface area contributed by atoms with Crippen molar-refractivity contribution in [3.63, 3.8) is 0 Å². The van der Waals surface area contributed by atoms with E-state index < -0.39 is 0 Å². The highest BCUT2D eigenvalue weighted by atomic mass is 16.2. The molecule has 1 aromatic rings. The summed E-state index contributed by atoms with van der Waals surface area (Å²) in [6.07, 6.45) is 1.30. The number of nitrogens with zero attached hydrogens (tertiary/aromatic N) is 1. The van der Waals surface area contributed by atoms with Gasteiger partial charge in [0.05, 0.1) is 13.1 Å². The molecule has 1 amide bonds. The molecule has 5 heteroatoms. The minimum Gasteiger partial charge on any atom is -0.330 e. The van der Waals surface area contributed by atoms with Crippen LogP contribution in [0.5, 0.6) is 0 Å². The first-order chi connectivity index (χ1) is 7.76. The van der Waals surface area contributed by atoms with Crippen LogP contribution in [0.15, 0.2) is 18.2 Å². The van der Waals surface area contributed by atoms with Crippen molar-refractivity contribution in [3.8, 4) is 0 Å². The van der Waals surface area contributed by atoms with Gasteiger partial charge in [0.15, 0.2) is 0 Å². The van der Waals surface area contributed by atoms with Crippen molar-refractivity contribution < 1.29 is 4.79 Å². The van der Waals surface area contributed by atoms with Gasteiger partial charge in [-0.15, -0.1) is 0 Å². The molecule has 0 aromatic heterocycles. The zero-order chi connectivity index (χ0) is 11.5. The number of benzene rings is 1. The highest BCUT2D eigenvalue weighted by molar-refractivity contribution is 6.01. The Morgan fingerprint density at radius 2 is 2.25 bits per heavy atom. The van der Waals surface area contributed by atoms with Crippen molar-refractivity contribution in [2.75, 3.05) is 18.1 Å². The van der Waals surface area contributed by atoms with Crippen molar-refractivity contribution >= 4 is 11.6 Å². The third-order valence-corrected chi connectivity index (χ3v) is 2.76. The number of anilines is 1. The smallest absolute Gasteiger partial charge is 0.232 e. The Bertz CT molecular complexity index is 405. The number of amides is 1. The minimum atomic E-state index is 0.0813. The van der Waals surface area contributed by atoms with Crippen molar-refractivity contribution in [3.05, 3.63) is 29.3 Å². The van der Waals surface area contributed by atoms with Crippen molar-refractivity contribution in [2.45, 2.75) is 12.8 Å². The van der Waals surface area contributed by atoms with E-state index in [1.807, 2.05) is 12.1 Å². The topological polar surface area (TPSA) is 84.4 Å². The van der Waals surface area contributed by atoms with E-state index in [1.54, 1.807) is 4.90 Å². The predicted molar refractivity (Wildman–Crippen MR) is 62.6 cm³/mol. The largest absolute Gasteiger partial charge is 0.330 e. The molecule has 0 unspecified atom stereocenters. The van der Waals surface area contributed by atoms with Crippen LogP contribution in [0.2, 0.25) is 0 Å². The van der Waals surface area contributed by atoms with Crippen LogP contribution in [-0.4, -0.2) is 19.1 Å². The molecule has 0 aliphatic carbocycles. The molecule has 1 heterocycles. The summed E-state index contributed by atoms with van der Waals surface area (Å²) in [5, 5.41) is 0. The molecule has 0 bridgehead atoms. The normalized spacial score (nSPS) is 14.4. The Kier molecular flexibility index (Phi) is 3.19. The minimum absolute atomic E-state index is 0.0813. The maximum absolute atomic E-state index is 11.7. The number of carbonyl (C=O) groups excluding carboxylic acids is 1. The second kappa shape index (κ2) is 4.61. The lowest BCUT2D eigenvalue weighted by Gasteiger charge is -2.16. The molecule has 1 aliphatic rings. The van der Waals surface area contributed by atoms with Crippen LogP contribution < -0.4 is 21.9 Å². The van der Waals surface area contributed by atoms with Crippen LogP contribution >= 0.6 is 0 Å². The number of fused-ring (bicyclic) bond motifs is 1. The van der Waals surface area contributed by atoms with Gasteiger partial charge in [-0.05, 0) is 30.2 Å². The maximum Gasteiger partial charge on any atom is 0.232 e. The van der Waals surface area contributed by atoms with Gasteiger partial charge in [-0.2, -0.15) is 0 Å². The third-order valence-electron chi connectivity index (χ3n) is 2.76. The molecule has 0 radical (unpaired) electrons. The lowest BCUT2D eigenvalue weighted by atomic mass is 10.1. The number of hydrazine groups is 1. The van der Waals surface area contributed by atoms with Gasteiger partial charge in [0.25, 0.3) is 0 Å². The Morgan fingerprint density at radius 1 is 1.44 bits per heavy atom. The van der Waals surface area contributed by atoms with E-state index in [0.29, 0.717) is 19.6 Å². The summed E-state index contributed by atoms with van der Waals surface area (Å²) in [5.74, 6) is 5.33. The summed E-state index contributed by atoms with van der Waals surface area (Å²) >= 11 is 0. The standard InChI is InChI=1S/C11H16N4O/c12-4-3-8-1-2-10-9(5-8)6-11(16)15(10)7-14-13/h1-2,5,14H,3-4,6-7,12-13H2. The number of hydrogen-bond acceptors (Lipinski definition) is 4. The van der Waals surface area contributed by atoms with Gasteiger partial charge in [0.2, 0.25) is 5.91 Å². The van der Waals surface area contributed by atoms with Gasteiger partial charge in [0, 0.05) is 5.69 Å². The molecule has 5 nitrogen and oxygen atoms in total. The van der Waals surface area contributed by atoms with Crippen LogP contribution in [0.1, 0.15) is 11.1 Å². The SMILES string of the molecule is NCCc1ccc2c(c1)CC(=O)N2CNN. The van der Waals surface area contributed by atoms with E-state index in [0.717, 1.165) is 17.7 Å². The molecule has 1 aromatic carbocycles. The van der Waals surface area contributed by atoms with Crippen molar-refractivity contribution in [1.82, 2.24) is 5.43 Å². The van der Waals surface area contributed by atoms with Gasteiger partial charge in [-0.25, -0.2) is 5.43 Å². The van der Waals surface area contributed by atoms with E-state index in [1.165, 1.54) is 5.56 Å². The molecule has 0 saturated carbocycles. The van der Waals surface area contributed by atoms with Gasteiger partial charge < -0.3 is 5.73 Å². The molecular weight excluding hydrogens is 204 g/mol. The molecule has 1 aliphatic heterocycles. The molecule has 0 spiro atoms. The number of carbonyl (C=O) groups is 1. The van der Waals surface area contributed by atoms with Crippen LogP contribution in [0.25, 0.3) is 0 Å². The van der Waals surface area contributed by atoms with Crippen molar-refractivity contribution in [1.29, 1.82) is 0 Å². The first-order valence-electron chi connectivity index (χ1n) is 5.32. The van der Waals surface area contributed by atoms with Gasteiger partial charge >= 0.3 is 0 Å². The third kappa shape index (κ3) is 1.92. The lowest BCUT2D eigenvalue weighted by Crippen LogP contribution is -2.39. The zero-order valence-corrected chi connectivity index (χ0v) is 9.07. The number of nitrogens with two attached hydrogens (primary N) is 2. The second-order valence-corrected chi connectivity index (χ2v) is 3.86. The molecule has 5 N–H and O–H groups in total. The predicted octanol–water partition coefficient (Wildman–Crippen LogP) is -0.502. The van der Waals surface area contributed by atoms with E-state index in [9.17, 15) is 4.79 Å². The summed E-state index contributed by atoms with van der Waals surface area (Å²) in [7, 11) is 0. The summed E-state index contributed by atoms with van der Waals surface area (Å²) < 4.78 is 0. The Balaban J connectivity index is 2.27. The van der Waals surface area contributed by atoms with Crippen LogP contribution in [-0.2, 0) is 17.6 Å². The maximum atomic E-state index is 11.7. The molecule has 86 valence electrons. The summed E-state index contributed by atoms with van der Waals surface area (Å²) in [5.41, 5.74) is 11.2. The van der Waals surface area contributed by atoms with Crippen LogP contribution in [0.4, 0.5) is 5.69 Å². The highest BCUT2D eigenvalue weighted by Crippen LogP contribution is 2.29. The van der Waals surface area contributed by atoms with Gasteiger partial charge in [-0.3, -0.25) is 15.5 Å². The Morgan fingerprint density at radius 3 is 2.94 bits per heavy atom. The molecule has 2 rings (SSSR count). The summed E-state index contributed by atoms with van der Waals surface area (Å²) in [4.78, 5) is 13.4. The quantitative estimate of drug-likeness (QED) is 0.471. The van der Waals surface area contributed by atoms with E-state index in [-0.39, 0.29) is 5.91 Å². The fourth-order valence-electron chi connectivity index (χ4n) is 2.02. The molecular formula is C11H16N4O. The summed E-state index contributed by atoms with van der Waals surface area (Å²) in [6, 6.07) is 6.02. The fourth-order valence-corrected chi connectivity index (χ4v) is 2.02. The van der Waals surface area contributed by atoms with Gasteiger partial charge in [0.1, 0.15) is 0 Å². The molecule has 0 atom stereocenters. The summed E-state index contributed by atoms with van der Waals surface area (Å²) in [6.45, 7) is 0.975. The molecule has 0 fully saturated rings. The van der Waals surface area contributed by atoms with E-state index in [4.69, 9.17) is 11.6 Å². The number of rotatable bonds is 4. The van der Waals surface area contributed by atoms with E-state index in [2.05, 4.69) is 11.5 Å². The van der Waals surface area contributed by atoms with E-state index >= 15 is 0 Å². The van der Waals surface area contributed by atoms with Crippen molar-refractivity contribution in [2.24, 2.45) is 11.6 Å². The first kappa shape index (κ1) is 11.1. The fraction of sp³-hybridized carbons (Fsp3) is 0.364. The number of nitrogens with one attached hydrogen (secondary N) is 1. The lowest BCUT2D eigenvalue weighted by molar-refractivity contribution is -0.117. The molecule has 16 heavy (non-hydrogen) atoms. The number of hydrogen-bond donors (Lipinski definition) is 3. The van der Waals surface area contributed by atoms with Gasteiger partial charge in [-0.1, -0.05) is 12.1 Å². The molecule has 0 saturated heterocycles. The second-order valence-electron chi connectivity index (χ2n) is 3.86. The monoisotopic (exact) mass is 220 g/mol. The first-order valence-corrected chi connectivity index (χ1v) is 5.32. The van der Waals surface area contributed by atoms with Crippen LogP contribution in [0.3, 0.4) is 0 Å². The average molecular weight is 220 g/mol. The van der Waals surface area contributed by atoms with Crippen LogP contribution in [0, 0.1) is 0 Å². The average Bonchev–Trinajstić information content (AvgIpc) is 2.56. The highest BCUT2D eigenvalue weighted by Gasteiger charge is 2.26.